The number of nitro groups is 1. The Balaban J connectivity index is 0.00000220. The number of carbonyl (C=O) groups is 1. The molecule has 1 amide bonds. The van der Waals surface area contributed by atoms with Crippen LogP contribution in [0.25, 0.3) is 0 Å². The second-order valence-electron chi connectivity index (χ2n) is 4.40. The van der Waals surface area contributed by atoms with E-state index in [1.165, 1.54) is 23.1 Å². The first kappa shape index (κ1) is 17.6. The Morgan fingerprint density at radius 1 is 1.57 bits per heavy atom. The fraction of sp³-hybridized carbons (Fsp3) is 0.417. The van der Waals surface area contributed by atoms with Gasteiger partial charge in [-0.15, -0.1) is 12.4 Å². The van der Waals surface area contributed by atoms with Gasteiger partial charge in [-0.1, -0.05) is 11.6 Å². The van der Waals surface area contributed by atoms with Crippen molar-refractivity contribution in [2.45, 2.75) is 6.10 Å². The van der Waals surface area contributed by atoms with Gasteiger partial charge in [-0.25, -0.2) is 0 Å². The maximum absolute atomic E-state index is 12.4. The van der Waals surface area contributed by atoms with Crippen LogP contribution in [0.1, 0.15) is 10.4 Å². The largest absolute Gasteiger partial charge is 0.373 e. The van der Waals surface area contributed by atoms with Gasteiger partial charge in [0.05, 0.1) is 17.6 Å². The Bertz CT molecular complexity index is 541. The molecule has 1 aromatic carbocycles. The van der Waals surface area contributed by atoms with Gasteiger partial charge in [-0.3, -0.25) is 14.9 Å². The SMILES string of the molecule is Cl.NCC1CN(C(=O)c2ccc(Cl)cc2[N+](=O)[O-])CCO1. The number of benzene rings is 1. The zero-order valence-electron chi connectivity index (χ0n) is 11.0. The molecule has 9 heteroatoms. The average Bonchev–Trinajstić information content (AvgIpc) is 2.46. The second kappa shape index (κ2) is 7.56. The van der Waals surface area contributed by atoms with Crippen molar-refractivity contribution >= 4 is 35.6 Å². The fourth-order valence-corrected chi connectivity index (χ4v) is 2.22. The van der Waals surface area contributed by atoms with Gasteiger partial charge in [0.2, 0.25) is 0 Å². The highest BCUT2D eigenvalue weighted by Crippen LogP contribution is 2.25. The van der Waals surface area contributed by atoms with Crippen LogP contribution in [0.5, 0.6) is 0 Å². The van der Waals surface area contributed by atoms with E-state index in [4.69, 9.17) is 22.1 Å². The Labute approximate surface area is 132 Å². The number of hydrogen-bond donors (Lipinski definition) is 1. The number of rotatable bonds is 3. The van der Waals surface area contributed by atoms with Gasteiger partial charge in [0, 0.05) is 30.7 Å². The third kappa shape index (κ3) is 4.04. The zero-order valence-corrected chi connectivity index (χ0v) is 12.6. The summed E-state index contributed by atoms with van der Waals surface area (Å²) in [6, 6.07) is 4.01. The summed E-state index contributed by atoms with van der Waals surface area (Å²) in [7, 11) is 0. The summed E-state index contributed by atoms with van der Waals surface area (Å²) >= 11 is 5.73. The van der Waals surface area contributed by atoms with Gasteiger partial charge >= 0.3 is 0 Å². The van der Waals surface area contributed by atoms with Crippen LogP contribution in [0.4, 0.5) is 5.69 Å². The summed E-state index contributed by atoms with van der Waals surface area (Å²) in [4.78, 5) is 24.3. The molecule has 116 valence electrons. The fourth-order valence-electron chi connectivity index (χ4n) is 2.05. The number of nitro benzene ring substituents is 1. The Kier molecular flexibility index (Phi) is 6.35. The third-order valence-electron chi connectivity index (χ3n) is 3.08. The lowest BCUT2D eigenvalue weighted by atomic mass is 10.1. The summed E-state index contributed by atoms with van der Waals surface area (Å²) in [6.45, 7) is 1.38. The van der Waals surface area contributed by atoms with Crippen molar-refractivity contribution in [3.05, 3.63) is 38.9 Å². The van der Waals surface area contributed by atoms with E-state index in [0.717, 1.165) is 0 Å². The number of carbonyl (C=O) groups excluding carboxylic acids is 1. The summed E-state index contributed by atoms with van der Waals surface area (Å²) in [5.41, 5.74) is 5.25. The van der Waals surface area contributed by atoms with Crippen molar-refractivity contribution in [3.63, 3.8) is 0 Å². The number of amides is 1. The second-order valence-corrected chi connectivity index (χ2v) is 4.83. The molecule has 2 N–H and O–H groups in total. The average molecular weight is 336 g/mol. The highest BCUT2D eigenvalue weighted by atomic mass is 35.5. The monoisotopic (exact) mass is 335 g/mol. The Morgan fingerprint density at radius 2 is 2.29 bits per heavy atom. The predicted molar refractivity (Wildman–Crippen MR) is 80.1 cm³/mol. The number of halogens is 2. The van der Waals surface area contributed by atoms with Gasteiger partial charge in [0.25, 0.3) is 11.6 Å². The number of hydrogen-bond acceptors (Lipinski definition) is 5. The lowest BCUT2D eigenvalue weighted by Crippen LogP contribution is -2.48. The molecule has 1 aromatic rings. The minimum Gasteiger partial charge on any atom is -0.373 e. The van der Waals surface area contributed by atoms with Gasteiger partial charge in [0.1, 0.15) is 5.56 Å². The number of nitrogens with zero attached hydrogens (tertiary/aromatic N) is 2. The molecule has 1 heterocycles. The minimum atomic E-state index is -0.611. The topological polar surface area (TPSA) is 98.7 Å². The molecule has 0 saturated carbocycles. The molecule has 0 bridgehead atoms. The molecule has 0 spiro atoms. The van der Waals surface area contributed by atoms with E-state index in [2.05, 4.69) is 0 Å². The van der Waals surface area contributed by atoms with E-state index in [0.29, 0.717) is 26.2 Å². The van der Waals surface area contributed by atoms with Crippen LogP contribution in [0, 0.1) is 10.1 Å². The van der Waals surface area contributed by atoms with E-state index >= 15 is 0 Å². The first-order valence-corrected chi connectivity index (χ1v) is 6.45. The summed E-state index contributed by atoms with van der Waals surface area (Å²) in [5, 5.41) is 11.2. The molecule has 0 radical (unpaired) electrons. The molecule has 1 atom stereocenters. The molecule has 1 fully saturated rings. The molecule has 21 heavy (non-hydrogen) atoms. The summed E-state index contributed by atoms with van der Waals surface area (Å²) in [5.74, 6) is -0.407. The molecule has 2 rings (SSSR count). The lowest BCUT2D eigenvalue weighted by molar-refractivity contribution is -0.385. The van der Waals surface area contributed by atoms with Gasteiger partial charge in [-0.2, -0.15) is 0 Å². The Hall–Kier alpha value is -1.41. The maximum Gasteiger partial charge on any atom is 0.283 e. The summed E-state index contributed by atoms with van der Waals surface area (Å²) < 4.78 is 5.37. The van der Waals surface area contributed by atoms with E-state index in [-0.39, 0.29) is 34.8 Å². The van der Waals surface area contributed by atoms with Crippen molar-refractivity contribution in [2.75, 3.05) is 26.2 Å². The predicted octanol–water partition coefficient (Wildman–Crippen LogP) is 1.47. The van der Waals surface area contributed by atoms with Crippen LogP contribution in [0.2, 0.25) is 5.02 Å². The molecule has 1 aliphatic rings. The standard InChI is InChI=1S/C12H14ClN3O4.ClH/c13-8-1-2-10(11(5-8)16(18)19)12(17)15-3-4-20-9(6-14)7-15;/h1-2,5,9H,3-4,6-7,14H2;1H. The highest BCUT2D eigenvalue weighted by Gasteiger charge is 2.28. The van der Waals surface area contributed by atoms with E-state index in [1.54, 1.807) is 0 Å². The minimum absolute atomic E-state index is 0. The van der Waals surface area contributed by atoms with Crippen molar-refractivity contribution in [1.29, 1.82) is 0 Å². The van der Waals surface area contributed by atoms with Gasteiger partial charge < -0.3 is 15.4 Å². The van der Waals surface area contributed by atoms with Crippen LogP contribution in [-0.2, 0) is 4.74 Å². The zero-order chi connectivity index (χ0) is 14.7. The van der Waals surface area contributed by atoms with E-state index in [1.807, 2.05) is 0 Å². The molecule has 7 nitrogen and oxygen atoms in total. The molecular formula is C12H15Cl2N3O4. The molecule has 1 saturated heterocycles. The number of morpholine rings is 1. The number of ether oxygens (including phenoxy) is 1. The lowest BCUT2D eigenvalue weighted by Gasteiger charge is -2.32. The number of nitrogens with two attached hydrogens (primary N) is 1. The first-order valence-electron chi connectivity index (χ1n) is 6.08. The quantitative estimate of drug-likeness (QED) is 0.666. The normalized spacial score (nSPS) is 18.0. The molecule has 0 aromatic heterocycles. The van der Waals surface area contributed by atoms with Crippen molar-refractivity contribution < 1.29 is 14.5 Å². The maximum atomic E-state index is 12.4. The Morgan fingerprint density at radius 3 is 2.90 bits per heavy atom. The first-order chi connectivity index (χ1) is 9.52. The van der Waals surface area contributed by atoms with Crippen molar-refractivity contribution in [2.24, 2.45) is 5.73 Å². The van der Waals surface area contributed by atoms with E-state index in [9.17, 15) is 14.9 Å². The van der Waals surface area contributed by atoms with Crippen LogP contribution in [0.3, 0.4) is 0 Å². The molecule has 1 unspecified atom stereocenters. The molecular weight excluding hydrogens is 321 g/mol. The highest BCUT2D eigenvalue weighted by molar-refractivity contribution is 6.31. The van der Waals surface area contributed by atoms with Crippen LogP contribution in [0.15, 0.2) is 18.2 Å². The molecule has 0 aliphatic carbocycles. The van der Waals surface area contributed by atoms with Crippen molar-refractivity contribution in [1.82, 2.24) is 4.90 Å². The van der Waals surface area contributed by atoms with Gasteiger partial charge in [0.15, 0.2) is 0 Å². The van der Waals surface area contributed by atoms with Gasteiger partial charge in [-0.05, 0) is 12.1 Å². The van der Waals surface area contributed by atoms with Crippen LogP contribution < -0.4 is 5.73 Å². The summed E-state index contributed by atoms with van der Waals surface area (Å²) in [6.07, 6.45) is -0.237. The van der Waals surface area contributed by atoms with Crippen LogP contribution in [-0.4, -0.2) is 48.1 Å². The molecule has 1 aliphatic heterocycles. The van der Waals surface area contributed by atoms with E-state index < -0.39 is 10.8 Å². The van der Waals surface area contributed by atoms with Crippen LogP contribution >= 0.6 is 24.0 Å². The van der Waals surface area contributed by atoms with Crippen molar-refractivity contribution in [3.8, 4) is 0 Å². The smallest absolute Gasteiger partial charge is 0.283 e. The third-order valence-corrected chi connectivity index (χ3v) is 3.31.